The van der Waals surface area contributed by atoms with Gasteiger partial charge in [0.05, 0.1) is 19.8 Å². The fourth-order valence-electron chi connectivity index (χ4n) is 1.72. The summed E-state index contributed by atoms with van der Waals surface area (Å²) in [5, 5.41) is 5.92. The van der Waals surface area contributed by atoms with Crippen molar-refractivity contribution in [3.05, 3.63) is 30.3 Å². The Morgan fingerprint density at radius 2 is 2.21 bits per heavy atom. The summed E-state index contributed by atoms with van der Waals surface area (Å²) in [5.41, 5.74) is 0. The number of para-hydroxylation sites is 1. The number of hydrogen-bond donors (Lipinski definition) is 2. The summed E-state index contributed by atoms with van der Waals surface area (Å²) in [7, 11) is 0. The first-order valence-corrected chi connectivity index (χ1v) is 6.13. The first kappa shape index (κ1) is 15.8. The molecule has 1 saturated heterocycles. The largest absolute Gasteiger partial charge is 0.492 e. The molecule has 5 nitrogen and oxygen atoms in total. The van der Waals surface area contributed by atoms with Crippen LogP contribution >= 0.6 is 12.4 Å². The molecule has 0 aliphatic carbocycles. The summed E-state index contributed by atoms with van der Waals surface area (Å²) in [4.78, 5) is 11.7. The molecule has 0 radical (unpaired) electrons. The van der Waals surface area contributed by atoms with Crippen LogP contribution in [0.4, 0.5) is 0 Å². The van der Waals surface area contributed by atoms with Crippen LogP contribution in [0.25, 0.3) is 0 Å². The molecule has 1 unspecified atom stereocenters. The Balaban J connectivity index is 0.00000180. The average molecular weight is 287 g/mol. The van der Waals surface area contributed by atoms with Crippen LogP contribution in [0.15, 0.2) is 30.3 Å². The van der Waals surface area contributed by atoms with E-state index in [0.29, 0.717) is 26.4 Å². The van der Waals surface area contributed by atoms with Gasteiger partial charge in [-0.2, -0.15) is 0 Å². The number of halogens is 1. The molecular weight excluding hydrogens is 268 g/mol. The van der Waals surface area contributed by atoms with E-state index in [1.807, 2.05) is 30.3 Å². The van der Waals surface area contributed by atoms with Gasteiger partial charge in [-0.25, -0.2) is 0 Å². The number of carbonyl (C=O) groups excluding carboxylic acids is 1. The molecule has 19 heavy (non-hydrogen) atoms. The maximum Gasteiger partial charge on any atom is 0.239 e. The maximum atomic E-state index is 11.7. The summed E-state index contributed by atoms with van der Waals surface area (Å²) < 4.78 is 10.7. The number of benzene rings is 1. The van der Waals surface area contributed by atoms with Crippen LogP contribution in [0.2, 0.25) is 0 Å². The summed E-state index contributed by atoms with van der Waals surface area (Å²) in [6, 6.07) is 9.30. The van der Waals surface area contributed by atoms with Crippen molar-refractivity contribution < 1.29 is 14.3 Å². The lowest BCUT2D eigenvalue weighted by Gasteiger charge is -2.22. The van der Waals surface area contributed by atoms with Crippen molar-refractivity contribution in [1.82, 2.24) is 10.6 Å². The van der Waals surface area contributed by atoms with Gasteiger partial charge in [0, 0.05) is 6.54 Å². The normalized spacial score (nSPS) is 18.2. The predicted molar refractivity (Wildman–Crippen MR) is 74.8 cm³/mol. The van der Waals surface area contributed by atoms with E-state index in [0.717, 1.165) is 12.3 Å². The minimum absolute atomic E-state index is 0. The topological polar surface area (TPSA) is 59.6 Å². The van der Waals surface area contributed by atoms with Crippen LogP contribution in [0.3, 0.4) is 0 Å². The highest BCUT2D eigenvalue weighted by atomic mass is 35.5. The van der Waals surface area contributed by atoms with Crippen molar-refractivity contribution in [3.63, 3.8) is 0 Å². The minimum atomic E-state index is -0.240. The van der Waals surface area contributed by atoms with Crippen LogP contribution in [-0.4, -0.2) is 44.9 Å². The zero-order valence-electron chi connectivity index (χ0n) is 10.6. The van der Waals surface area contributed by atoms with E-state index in [-0.39, 0.29) is 24.4 Å². The Kier molecular flexibility index (Phi) is 7.25. The summed E-state index contributed by atoms with van der Waals surface area (Å²) >= 11 is 0. The molecule has 0 saturated carbocycles. The number of rotatable bonds is 5. The molecule has 1 fully saturated rings. The molecule has 1 amide bonds. The van der Waals surface area contributed by atoms with Crippen molar-refractivity contribution in [1.29, 1.82) is 0 Å². The van der Waals surface area contributed by atoms with Gasteiger partial charge in [-0.1, -0.05) is 18.2 Å². The lowest BCUT2D eigenvalue weighted by Crippen LogP contribution is -2.51. The molecule has 1 atom stereocenters. The van der Waals surface area contributed by atoms with E-state index in [2.05, 4.69) is 10.6 Å². The molecule has 2 rings (SSSR count). The molecular formula is C13H19ClN2O3. The first-order chi connectivity index (χ1) is 8.86. The Labute approximate surface area is 119 Å². The van der Waals surface area contributed by atoms with Crippen LogP contribution < -0.4 is 15.4 Å². The predicted octanol–water partition coefficient (Wildman–Crippen LogP) is 0.592. The summed E-state index contributed by atoms with van der Waals surface area (Å²) in [6.07, 6.45) is 0. The van der Waals surface area contributed by atoms with Crippen molar-refractivity contribution in [2.75, 3.05) is 32.9 Å². The number of morpholine rings is 1. The summed E-state index contributed by atoms with van der Waals surface area (Å²) in [5.74, 6) is 0.775. The molecule has 0 spiro atoms. The third-order valence-corrected chi connectivity index (χ3v) is 2.65. The summed E-state index contributed by atoms with van der Waals surface area (Å²) in [6.45, 7) is 2.78. The maximum absolute atomic E-state index is 11.7. The molecule has 0 bridgehead atoms. The third kappa shape index (κ3) is 5.46. The quantitative estimate of drug-likeness (QED) is 0.778. The van der Waals surface area contributed by atoms with Gasteiger partial charge in [0.2, 0.25) is 5.91 Å². The zero-order valence-corrected chi connectivity index (χ0v) is 11.4. The highest BCUT2D eigenvalue weighted by Gasteiger charge is 2.20. The monoisotopic (exact) mass is 286 g/mol. The molecule has 0 aromatic heterocycles. The lowest BCUT2D eigenvalue weighted by atomic mass is 10.2. The van der Waals surface area contributed by atoms with Crippen molar-refractivity contribution in [2.24, 2.45) is 0 Å². The SMILES string of the molecule is Cl.O=C(NCCOc1ccccc1)C1COCCN1. The van der Waals surface area contributed by atoms with E-state index in [9.17, 15) is 4.79 Å². The fraction of sp³-hybridized carbons (Fsp3) is 0.462. The Morgan fingerprint density at radius 1 is 1.42 bits per heavy atom. The second kappa shape index (κ2) is 8.74. The van der Waals surface area contributed by atoms with Crippen molar-refractivity contribution >= 4 is 18.3 Å². The number of carbonyl (C=O) groups is 1. The van der Waals surface area contributed by atoms with Gasteiger partial charge in [0.15, 0.2) is 0 Å². The standard InChI is InChI=1S/C13H18N2O3.ClH/c16-13(12-10-17-8-6-14-12)15-7-9-18-11-4-2-1-3-5-11;/h1-5,12,14H,6-10H2,(H,15,16);1H. The number of amides is 1. The van der Waals surface area contributed by atoms with Gasteiger partial charge >= 0.3 is 0 Å². The van der Waals surface area contributed by atoms with E-state index in [4.69, 9.17) is 9.47 Å². The number of hydrogen-bond acceptors (Lipinski definition) is 4. The second-order valence-electron chi connectivity index (χ2n) is 4.03. The zero-order chi connectivity index (χ0) is 12.6. The molecule has 6 heteroatoms. The molecule has 1 aromatic carbocycles. The van der Waals surface area contributed by atoms with Crippen LogP contribution in [-0.2, 0) is 9.53 Å². The van der Waals surface area contributed by atoms with Crippen LogP contribution in [0, 0.1) is 0 Å². The lowest BCUT2D eigenvalue weighted by molar-refractivity contribution is -0.126. The van der Waals surface area contributed by atoms with E-state index in [1.54, 1.807) is 0 Å². The van der Waals surface area contributed by atoms with Crippen molar-refractivity contribution in [3.8, 4) is 5.75 Å². The van der Waals surface area contributed by atoms with E-state index in [1.165, 1.54) is 0 Å². The molecule has 1 aliphatic rings. The van der Waals surface area contributed by atoms with Crippen molar-refractivity contribution in [2.45, 2.75) is 6.04 Å². The minimum Gasteiger partial charge on any atom is -0.492 e. The second-order valence-corrected chi connectivity index (χ2v) is 4.03. The highest BCUT2D eigenvalue weighted by molar-refractivity contribution is 5.85. The highest BCUT2D eigenvalue weighted by Crippen LogP contribution is 2.07. The van der Waals surface area contributed by atoms with Gasteiger partial charge < -0.3 is 20.1 Å². The van der Waals surface area contributed by atoms with Crippen LogP contribution in [0.1, 0.15) is 0 Å². The van der Waals surface area contributed by atoms with Gasteiger partial charge in [0.1, 0.15) is 18.4 Å². The molecule has 2 N–H and O–H groups in total. The fourth-order valence-corrected chi connectivity index (χ4v) is 1.72. The van der Waals surface area contributed by atoms with Gasteiger partial charge in [0.25, 0.3) is 0 Å². The number of ether oxygens (including phenoxy) is 2. The Hall–Kier alpha value is -1.30. The Bertz CT molecular complexity index is 369. The van der Waals surface area contributed by atoms with E-state index < -0.39 is 0 Å². The Morgan fingerprint density at radius 3 is 2.89 bits per heavy atom. The number of nitrogens with one attached hydrogen (secondary N) is 2. The van der Waals surface area contributed by atoms with E-state index >= 15 is 0 Å². The average Bonchev–Trinajstić information content (AvgIpc) is 2.45. The third-order valence-electron chi connectivity index (χ3n) is 2.65. The first-order valence-electron chi connectivity index (χ1n) is 6.13. The van der Waals surface area contributed by atoms with Gasteiger partial charge in [-0.3, -0.25) is 4.79 Å². The smallest absolute Gasteiger partial charge is 0.239 e. The molecule has 1 aliphatic heterocycles. The van der Waals surface area contributed by atoms with Gasteiger partial charge in [-0.15, -0.1) is 12.4 Å². The molecule has 1 heterocycles. The van der Waals surface area contributed by atoms with Crippen LogP contribution in [0.5, 0.6) is 5.75 Å². The molecule has 106 valence electrons. The van der Waals surface area contributed by atoms with Gasteiger partial charge in [-0.05, 0) is 12.1 Å². The molecule has 1 aromatic rings.